The SMILES string of the molecule is [B]c1c([B])c([B])c(-c2cccc3c2c2ccccc2n3-c2ccc3c(c2)oc2cccc(-c4nc(-c5ccccc5)nc(-c5ccccc5)n4)c23)c([B])c1[B]. The first-order valence-electron chi connectivity index (χ1n) is 17.7. The van der Waals surface area contributed by atoms with Crippen molar-refractivity contribution in [3.63, 3.8) is 0 Å². The van der Waals surface area contributed by atoms with Crippen molar-refractivity contribution >= 4 is 110 Å². The van der Waals surface area contributed by atoms with Crippen molar-refractivity contribution in [2.45, 2.75) is 0 Å². The van der Waals surface area contributed by atoms with Gasteiger partial charge in [0.05, 0.1) is 11.0 Å². The number of nitrogens with zero attached hydrogens (tertiary/aromatic N) is 4. The second kappa shape index (κ2) is 12.8. The van der Waals surface area contributed by atoms with Crippen molar-refractivity contribution in [2.75, 3.05) is 0 Å². The van der Waals surface area contributed by atoms with Crippen molar-refractivity contribution in [2.24, 2.45) is 0 Å². The fraction of sp³-hybridized carbons (Fsp3) is 0. The highest BCUT2D eigenvalue weighted by atomic mass is 16.3. The van der Waals surface area contributed by atoms with Crippen LogP contribution < -0.4 is 27.3 Å². The fourth-order valence-corrected chi connectivity index (χ4v) is 7.71. The molecule has 0 N–H and O–H groups in total. The van der Waals surface area contributed by atoms with E-state index in [0.717, 1.165) is 71.7 Å². The minimum Gasteiger partial charge on any atom is -0.456 e. The van der Waals surface area contributed by atoms with E-state index in [0.29, 0.717) is 23.0 Å². The minimum absolute atomic E-state index is 0.180. The average molecular weight is 690 g/mol. The molecule has 244 valence electrons. The van der Waals surface area contributed by atoms with Gasteiger partial charge in [0.1, 0.15) is 50.4 Å². The van der Waals surface area contributed by atoms with Gasteiger partial charge in [-0.2, -0.15) is 0 Å². The molecule has 0 spiro atoms. The number of fused-ring (bicyclic) bond motifs is 6. The highest BCUT2D eigenvalue weighted by molar-refractivity contribution is 6.69. The molecular formula is C45H23B5N4O. The van der Waals surface area contributed by atoms with Gasteiger partial charge in [0, 0.05) is 50.0 Å². The molecular weight excluding hydrogens is 667 g/mol. The van der Waals surface area contributed by atoms with Gasteiger partial charge >= 0.3 is 0 Å². The lowest BCUT2D eigenvalue weighted by Gasteiger charge is -2.22. The zero-order chi connectivity index (χ0) is 37.4. The lowest BCUT2D eigenvalue weighted by molar-refractivity contribution is 0.668. The molecule has 10 rings (SSSR count). The third-order valence-electron chi connectivity index (χ3n) is 10.3. The van der Waals surface area contributed by atoms with Crippen LogP contribution in [0.3, 0.4) is 0 Å². The molecule has 7 aromatic carbocycles. The summed E-state index contributed by atoms with van der Waals surface area (Å²) in [6, 6.07) is 46.4. The summed E-state index contributed by atoms with van der Waals surface area (Å²) in [4.78, 5) is 14.9. The molecule has 0 saturated heterocycles. The van der Waals surface area contributed by atoms with Crippen LogP contribution in [0.5, 0.6) is 0 Å². The first-order chi connectivity index (χ1) is 26.9. The molecule has 0 saturated carbocycles. The quantitative estimate of drug-likeness (QED) is 0.224. The second-order valence-corrected chi connectivity index (χ2v) is 13.5. The molecule has 0 amide bonds. The first kappa shape index (κ1) is 33.1. The molecule has 3 aromatic heterocycles. The molecule has 3 heterocycles. The van der Waals surface area contributed by atoms with Crippen LogP contribution in [-0.4, -0.2) is 58.8 Å². The van der Waals surface area contributed by atoms with Gasteiger partial charge in [-0.1, -0.05) is 114 Å². The van der Waals surface area contributed by atoms with Gasteiger partial charge < -0.3 is 8.98 Å². The van der Waals surface area contributed by atoms with E-state index in [1.165, 1.54) is 0 Å². The maximum atomic E-state index is 6.61. The highest BCUT2D eigenvalue weighted by Gasteiger charge is 2.22. The lowest BCUT2D eigenvalue weighted by Crippen LogP contribution is -2.55. The molecule has 0 fully saturated rings. The van der Waals surface area contributed by atoms with E-state index in [2.05, 4.69) is 41.0 Å². The molecule has 55 heavy (non-hydrogen) atoms. The largest absolute Gasteiger partial charge is 0.456 e. The lowest BCUT2D eigenvalue weighted by atomic mass is 9.59. The van der Waals surface area contributed by atoms with Crippen molar-refractivity contribution < 1.29 is 4.42 Å². The van der Waals surface area contributed by atoms with Crippen molar-refractivity contribution in [1.29, 1.82) is 0 Å². The fourth-order valence-electron chi connectivity index (χ4n) is 7.71. The van der Waals surface area contributed by atoms with Crippen LogP contribution in [0.4, 0.5) is 0 Å². The topological polar surface area (TPSA) is 56.7 Å². The summed E-state index contributed by atoms with van der Waals surface area (Å²) < 4.78 is 8.82. The zero-order valence-corrected chi connectivity index (χ0v) is 29.4. The third kappa shape index (κ3) is 5.19. The Morgan fingerprint density at radius 3 is 1.67 bits per heavy atom. The maximum absolute atomic E-state index is 6.61. The van der Waals surface area contributed by atoms with E-state index < -0.39 is 0 Å². The third-order valence-corrected chi connectivity index (χ3v) is 10.3. The maximum Gasteiger partial charge on any atom is 0.164 e. The Balaban J connectivity index is 1.18. The summed E-state index contributed by atoms with van der Waals surface area (Å²) in [5.41, 5.74) is 9.47. The summed E-state index contributed by atoms with van der Waals surface area (Å²) in [7, 11) is 32.0. The van der Waals surface area contributed by atoms with Crippen LogP contribution in [0.25, 0.3) is 94.7 Å². The summed E-state index contributed by atoms with van der Waals surface area (Å²) in [6.07, 6.45) is 0. The van der Waals surface area contributed by atoms with E-state index in [-0.39, 0.29) is 27.3 Å². The van der Waals surface area contributed by atoms with Crippen LogP contribution in [0, 0.1) is 0 Å². The molecule has 5 nitrogen and oxygen atoms in total. The van der Waals surface area contributed by atoms with Crippen LogP contribution in [0.2, 0.25) is 0 Å². The standard InChI is InChI=1S/C45H23B5N4O/c46-38-37(39(47)41(49)42(50)40(38)48)29-16-9-19-32-35(29)27-15-7-8-18-31(27)54(32)26-21-22-28-34(23-26)55-33-20-10-17-30(36(28)33)45-52-43(24-11-3-1-4-12-24)51-44(53-45)25-13-5-2-6-14-25/h1-23H. The highest BCUT2D eigenvalue weighted by Crippen LogP contribution is 2.40. The molecule has 10 aromatic rings. The number of hydrogen-bond donors (Lipinski definition) is 0. The van der Waals surface area contributed by atoms with E-state index >= 15 is 0 Å². The van der Waals surface area contributed by atoms with Gasteiger partial charge in [0.2, 0.25) is 0 Å². The van der Waals surface area contributed by atoms with E-state index in [1.54, 1.807) is 0 Å². The Labute approximate surface area is 323 Å². The number of para-hydroxylation sites is 1. The number of furan rings is 1. The molecule has 0 unspecified atom stereocenters. The molecule has 10 radical (unpaired) electrons. The van der Waals surface area contributed by atoms with Gasteiger partial charge in [-0.25, -0.2) is 15.0 Å². The smallest absolute Gasteiger partial charge is 0.164 e. The van der Waals surface area contributed by atoms with Crippen LogP contribution in [-0.2, 0) is 0 Å². The molecule has 0 aliphatic carbocycles. The molecule has 0 atom stereocenters. The van der Waals surface area contributed by atoms with E-state index in [9.17, 15) is 0 Å². The second-order valence-electron chi connectivity index (χ2n) is 13.5. The van der Waals surface area contributed by atoms with E-state index in [4.69, 9.17) is 58.6 Å². The molecule has 0 aliphatic rings. The minimum atomic E-state index is 0.180. The van der Waals surface area contributed by atoms with Gasteiger partial charge in [-0.3, -0.25) is 0 Å². The Hall–Kier alpha value is -6.53. The Morgan fingerprint density at radius 2 is 0.982 bits per heavy atom. The van der Waals surface area contributed by atoms with Gasteiger partial charge in [0.25, 0.3) is 0 Å². The molecule has 0 aliphatic heterocycles. The predicted molar refractivity (Wildman–Crippen MR) is 230 cm³/mol. The Bertz CT molecular complexity index is 3070. The zero-order valence-electron chi connectivity index (χ0n) is 29.4. The summed E-state index contributed by atoms with van der Waals surface area (Å²) in [6.45, 7) is 0. The van der Waals surface area contributed by atoms with Gasteiger partial charge in [0.15, 0.2) is 17.5 Å². The monoisotopic (exact) mass is 690 g/mol. The predicted octanol–water partition coefficient (Wildman–Crippen LogP) is 5.51. The molecule has 0 bridgehead atoms. The number of rotatable bonds is 5. The number of benzene rings is 7. The van der Waals surface area contributed by atoms with Gasteiger partial charge in [-0.15, -0.1) is 16.4 Å². The van der Waals surface area contributed by atoms with Crippen molar-refractivity contribution in [3.05, 3.63) is 140 Å². The summed E-state index contributed by atoms with van der Waals surface area (Å²) >= 11 is 0. The van der Waals surface area contributed by atoms with E-state index in [1.807, 2.05) is 103 Å². The summed E-state index contributed by atoms with van der Waals surface area (Å²) in [5, 5.41) is 3.81. The molecule has 10 heteroatoms. The van der Waals surface area contributed by atoms with Gasteiger partial charge in [-0.05, 0) is 41.5 Å². The van der Waals surface area contributed by atoms with Crippen LogP contribution >= 0.6 is 0 Å². The Morgan fingerprint density at radius 1 is 0.418 bits per heavy atom. The average Bonchev–Trinajstić information content (AvgIpc) is 3.78. The van der Waals surface area contributed by atoms with Crippen molar-refractivity contribution in [1.82, 2.24) is 19.5 Å². The van der Waals surface area contributed by atoms with Crippen molar-refractivity contribution in [3.8, 4) is 51.0 Å². The Kier molecular flexibility index (Phi) is 7.70. The normalized spacial score (nSPS) is 11.6. The summed E-state index contributed by atoms with van der Waals surface area (Å²) in [5.74, 6) is 1.74. The first-order valence-corrected chi connectivity index (χ1v) is 17.7. The van der Waals surface area contributed by atoms with Crippen LogP contribution in [0.1, 0.15) is 0 Å². The number of hydrogen-bond acceptors (Lipinski definition) is 4. The van der Waals surface area contributed by atoms with Crippen LogP contribution in [0.15, 0.2) is 144 Å². The number of aromatic nitrogens is 4.